The molecule has 0 saturated heterocycles. The Bertz CT molecular complexity index is 999. The van der Waals surface area contributed by atoms with Crippen LogP contribution in [0.2, 0.25) is 0 Å². The van der Waals surface area contributed by atoms with E-state index < -0.39 is 36.4 Å². The number of carboxylic acid groups (broad SMARTS) is 3. The van der Waals surface area contributed by atoms with Crippen molar-refractivity contribution in [2.75, 3.05) is 81.7 Å². The van der Waals surface area contributed by atoms with E-state index in [1.165, 1.54) is 0 Å². The SMILES string of the molecule is C[N+](C)(C#P=O)CCO.C[N+](C)(C#P=O)CCO.C[N+](C)(C#P=O)CCO.O=C([O-])CC(O)(CC(=O)[O-])C(=O)[O-]. The Kier molecular flexibility index (Phi) is 26.9. The summed E-state index contributed by atoms with van der Waals surface area (Å²) in [5, 5.41) is 64.3. The van der Waals surface area contributed by atoms with Crippen LogP contribution in [0.15, 0.2) is 0 Å². The van der Waals surface area contributed by atoms with Gasteiger partial charge in [0.1, 0.15) is 5.60 Å². The summed E-state index contributed by atoms with van der Waals surface area (Å²) in [7, 11) is 10.6. The molecule has 0 unspecified atom stereocenters. The number of hydrogen-bond acceptors (Lipinski definition) is 13. The summed E-state index contributed by atoms with van der Waals surface area (Å²) in [6.07, 6.45) is -2.72. The first-order valence-corrected chi connectivity index (χ1v) is 13.5. The molecule has 0 rings (SSSR count). The molecule has 0 aromatic carbocycles. The molecule has 230 valence electrons. The van der Waals surface area contributed by atoms with Crippen LogP contribution in [0.25, 0.3) is 0 Å². The predicted octanol–water partition coefficient (Wildman–Crippen LogP) is -4.46. The number of nitrogens with zero attached hydrogens (tertiary/aromatic N) is 3. The van der Waals surface area contributed by atoms with E-state index in [-0.39, 0.29) is 43.6 Å². The second-order valence-electron chi connectivity index (χ2n) is 9.39. The molecule has 4 N–H and O–H groups in total. The van der Waals surface area contributed by atoms with Crippen molar-refractivity contribution in [3.05, 3.63) is 0 Å². The molecule has 0 fully saturated rings. The number of aliphatic carboxylic acids is 3. The first-order chi connectivity index (χ1) is 18.1. The van der Waals surface area contributed by atoms with Crippen molar-refractivity contribution in [2.45, 2.75) is 18.4 Å². The summed E-state index contributed by atoms with van der Waals surface area (Å²) >= 11 is 0. The molecule has 0 aromatic rings. The van der Waals surface area contributed by atoms with Gasteiger partial charge in [-0.25, -0.2) is 0 Å². The zero-order valence-electron chi connectivity index (χ0n) is 23.3. The molecule has 0 aromatic heterocycles. The topological polar surface area (TPSA) is 253 Å². The number of carboxylic acids is 3. The number of carbonyl (C=O) groups is 3. The van der Waals surface area contributed by atoms with Gasteiger partial charge in [0, 0.05) is 24.8 Å². The molecule has 0 atom stereocenters. The van der Waals surface area contributed by atoms with E-state index in [1.54, 1.807) is 0 Å². The summed E-state index contributed by atoms with van der Waals surface area (Å²) in [5.74, 6) is 1.87. The van der Waals surface area contributed by atoms with E-state index in [4.69, 9.17) is 20.4 Å². The zero-order chi connectivity index (χ0) is 32.6. The average molecular weight is 633 g/mol. The minimum absolute atomic E-state index is 0.0928. The van der Waals surface area contributed by atoms with Crippen LogP contribution < -0.4 is 15.3 Å². The van der Waals surface area contributed by atoms with E-state index in [0.717, 1.165) is 0 Å². The number of quaternary nitrogens is 3. The second kappa shape index (κ2) is 23.8. The quantitative estimate of drug-likeness (QED) is 0.124. The molecule has 0 amide bonds. The molecule has 0 saturated carbocycles. The van der Waals surface area contributed by atoms with Crippen LogP contribution in [-0.4, -0.2) is 139 Å². The van der Waals surface area contributed by atoms with E-state index in [9.17, 15) is 43.4 Å². The van der Waals surface area contributed by atoms with Gasteiger partial charge < -0.3 is 34.8 Å². The van der Waals surface area contributed by atoms with Crippen molar-refractivity contribution >= 4 is 41.7 Å². The van der Waals surface area contributed by atoms with Crippen LogP contribution in [-0.2, 0) is 28.1 Å². The van der Waals surface area contributed by atoms with Crippen LogP contribution in [0.1, 0.15) is 12.8 Å². The van der Waals surface area contributed by atoms with E-state index in [1.807, 2.05) is 42.3 Å². The van der Waals surface area contributed by atoms with Crippen LogP contribution in [0.5, 0.6) is 0 Å². The number of likely N-dealkylation sites (N-methyl/N-ethyl adjacent to an activating group) is 3. The second-order valence-corrected chi connectivity index (χ2v) is 10.5. The number of hydrogen-bond donors (Lipinski definition) is 4. The molecular formula is C21H38N3O13P3. The third kappa shape index (κ3) is 30.7. The van der Waals surface area contributed by atoms with Crippen molar-refractivity contribution < 1.29 is 77.3 Å². The Morgan fingerprint density at radius 2 is 0.850 bits per heavy atom. The minimum Gasteiger partial charge on any atom is -0.550 e. The Hall–Kier alpha value is -1.84. The van der Waals surface area contributed by atoms with Gasteiger partial charge >= 0.3 is 165 Å². The van der Waals surface area contributed by atoms with Crippen LogP contribution in [0, 0.1) is 17.3 Å². The molecule has 16 nitrogen and oxygen atoms in total. The normalized spacial score (nSPS) is 10.7. The van der Waals surface area contributed by atoms with E-state index in [2.05, 4.69) is 17.3 Å². The van der Waals surface area contributed by atoms with E-state index >= 15 is 0 Å². The third-order valence-corrected chi connectivity index (χ3v) is 6.03. The number of rotatable bonds is 11. The van der Waals surface area contributed by atoms with E-state index in [0.29, 0.717) is 33.1 Å². The Morgan fingerprint density at radius 3 is 0.975 bits per heavy atom. The standard InChI is InChI=1S/C6H8O7.3C5H11NO2P/c7-3(8)1-6(13,5(11)12)2-4(9)10;3*1-6(2,3-4-7)5-9-8/h13H,1-2H2,(H,7,8)(H,9,10)(H,11,12);3*7H,3-4H2,1-2H3/q;3*+1/p-3. The predicted molar refractivity (Wildman–Crippen MR) is 136 cm³/mol. The summed E-state index contributed by atoms with van der Waals surface area (Å²) in [5.41, 5.74) is -2.97. The molecule has 0 heterocycles. The van der Waals surface area contributed by atoms with Crippen molar-refractivity contribution in [2.24, 2.45) is 0 Å². The molecule has 0 aliphatic heterocycles. The minimum atomic E-state index is -2.97. The Balaban J connectivity index is -0.000000219. The van der Waals surface area contributed by atoms with Crippen molar-refractivity contribution in [1.29, 1.82) is 0 Å². The van der Waals surface area contributed by atoms with Gasteiger partial charge in [0.15, 0.2) is 0 Å². The monoisotopic (exact) mass is 633 g/mol. The molecule has 0 bridgehead atoms. The third-order valence-electron chi connectivity index (χ3n) is 4.17. The van der Waals surface area contributed by atoms with Gasteiger partial charge in [-0.3, -0.25) is 0 Å². The summed E-state index contributed by atoms with van der Waals surface area (Å²) in [6.45, 7) is 1.93. The van der Waals surface area contributed by atoms with Gasteiger partial charge in [0.2, 0.25) is 0 Å². The molecule has 0 spiro atoms. The Labute approximate surface area is 236 Å². The molecular weight excluding hydrogens is 595 g/mol. The number of aliphatic hydroxyl groups is 4. The number of aliphatic hydroxyl groups excluding tert-OH is 3. The maximum Gasteiger partial charge on any atom is 0.114 e. The summed E-state index contributed by atoms with van der Waals surface area (Å²) < 4.78 is 31.0. The van der Waals surface area contributed by atoms with Crippen molar-refractivity contribution in [3.63, 3.8) is 0 Å². The largest absolute Gasteiger partial charge is 0.550 e. The first kappa shape index (κ1) is 45.2. The fraction of sp³-hybridized carbons (Fsp3) is 0.714. The van der Waals surface area contributed by atoms with Crippen LogP contribution >= 0.6 is 23.7 Å². The molecule has 19 heteroatoms. The number of carbonyl (C=O) groups excluding carboxylic acids is 3. The summed E-state index contributed by atoms with van der Waals surface area (Å²) in [4.78, 5) is 30.0. The smallest absolute Gasteiger partial charge is 0.114 e. The average Bonchev–Trinajstić information content (AvgIpc) is 2.73. The molecule has 40 heavy (non-hydrogen) atoms. The van der Waals surface area contributed by atoms with Crippen molar-refractivity contribution in [1.82, 2.24) is 0 Å². The van der Waals surface area contributed by atoms with Crippen molar-refractivity contribution in [3.8, 4) is 17.3 Å². The van der Waals surface area contributed by atoms with Crippen LogP contribution in [0.4, 0.5) is 0 Å². The van der Waals surface area contributed by atoms with Crippen LogP contribution in [0.3, 0.4) is 0 Å². The van der Waals surface area contributed by atoms with Gasteiger partial charge in [-0.15, -0.1) is 0 Å². The molecule has 0 radical (unpaired) electrons. The first-order valence-electron chi connectivity index (χ1n) is 11.1. The fourth-order valence-corrected chi connectivity index (χ4v) is 2.88. The van der Waals surface area contributed by atoms with Gasteiger partial charge in [-0.05, 0) is 0 Å². The van der Waals surface area contributed by atoms with Gasteiger partial charge in [0.25, 0.3) is 0 Å². The van der Waals surface area contributed by atoms with Gasteiger partial charge in [-0.2, -0.15) is 0 Å². The molecule has 0 aliphatic carbocycles. The fourth-order valence-electron chi connectivity index (χ4n) is 1.92. The summed E-state index contributed by atoms with van der Waals surface area (Å²) in [6, 6.07) is 0. The Morgan fingerprint density at radius 1 is 0.625 bits per heavy atom. The molecule has 0 aliphatic rings. The zero-order valence-corrected chi connectivity index (χ0v) is 26.0. The van der Waals surface area contributed by atoms with Gasteiger partial charge in [-0.1, -0.05) is 0 Å². The maximum atomic E-state index is 10.1. The maximum absolute atomic E-state index is 10.1. The van der Waals surface area contributed by atoms with Gasteiger partial charge in [0.05, 0.1) is 5.97 Å².